The van der Waals surface area contributed by atoms with E-state index in [-0.39, 0.29) is 24.1 Å². The number of phenols is 1. The molecule has 0 aliphatic heterocycles. The number of carbonyl (C=O) groups is 5. The Bertz CT molecular complexity index is 1590. The van der Waals surface area contributed by atoms with Crippen LogP contribution in [0.4, 0.5) is 21.9 Å². The van der Waals surface area contributed by atoms with Crippen molar-refractivity contribution in [3.63, 3.8) is 0 Å². The Kier molecular flexibility index (Phi) is 8.10. The van der Waals surface area contributed by atoms with Gasteiger partial charge in [0.25, 0.3) is 0 Å². The van der Waals surface area contributed by atoms with Crippen LogP contribution in [0.25, 0.3) is 0 Å². The fraction of sp³-hybridized carbons (Fsp3) is 0.452. The summed E-state index contributed by atoms with van der Waals surface area (Å²) >= 11 is 0. The second-order valence-electron chi connectivity index (χ2n) is 12.3. The van der Waals surface area contributed by atoms with Crippen molar-refractivity contribution in [2.75, 3.05) is 50.8 Å². The minimum absolute atomic E-state index is 0.00683. The van der Waals surface area contributed by atoms with E-state index in [0.717, 1.165) is 0 Å². The van der Waals surface area contributed by atoms with Crippen molar-refractivity contribution in [3.8, 4) is 11.5 Å². The first-order valence-electron chi connectivity index (χ1n) is 14.4. The van der Waals surface area contributed by atoms with Gasteiger partial charge in [0.05, 0.1) is 30.4 Å². The van der Waals surface area contributed by atoms with Crippen molar-refractivity contribution < 1.29 is 44.0 Å². The minimum atomic E-state index is -2.77. The molecule has 2 saturated carbocycles. The summed E-state index contributed by atoms with van der Waals surface area (Å²) in [6.45, 7) is 0. The van der Waals surface area contributed by atoms with E-state index in [0.29, 0.717) is 22.7 Å². The standard InChI is InChI=1S/C31H37N5O9/c1-35(2)19-12-18(34-30(43)33-14-6-8-15(45-5)9-7-14)24(37)21-16(19)10-13-11-17-23(36(3)4)26(39)22(29(32)42)28(41)31(17,44)27(40)20(13)25(21)38/h6-9,12-13,17,20,22-23,26,37,39,44H,10-11H2,1-5H3,(H2,32,42)(H2,33,34,43)/t13-,17-,20?,22?,23?,26?,31-/m1/s1. The predicted octanol–water partition coefficient (Wildman–Crippen LogP) is 0.377. The van der Waals surface area contributed by atoms with Gasteiger partial charge in [-0.25, -0.2) is 4.79 Å². The maximum Gasteiger partial charge on any atom is 0.323 e. The highest BCUT2D eigenvalue weighted by Gasteiger charge is 2.69. The fourth-order valence-corrected chi connectivity index (χ4v) is 7.32. The summed E-state index contributed by atoms with van der Waals surface area (Å²) in [5.41, 5.74) is 3.71. The fourth-order valence-electron chi connectivity index (χ4n) is 7.32. The first kappa shape index (κ1) is 31.9. The van der Waals surface area contributed by atoms with Crippen LogP contribution in [-0.2, 0) is 20.8 Å². The molecule has 4 unspecified atom stereocenters. The summed E-state index contributed by atoms with van der Waals surface area (Å²) < 4.78 is 5.12. The van der Waals surface area contributed by atoms with Gasteiger partial charge in [0, 0.05) is 37.4 Å². The van der Waals surface area contributed by atoms with Gasteiger partial charge in [-0.05, 0) is 68.8 Å². The molecule has 0 aromatic heterocycles. The third-order valence-corrected chi connectivity index (χ3v) is 9.34. The summed E-state index contributed by atoms with van der Waals surface area (Å²) in [4.78, 5) is 70.1. The molecule has 0 radical (unpaired) electrons. The van der Waals surface area contributed by atoms with Gasteiger partial charge in [0.15, 0.2) is 23.0 Å². The summed E-state index contributed by atoms with van der Waals surface area (Å²) in [6.07, 6.45) is -1.47. The van der Waals surface area contributed by atoms with Crippen LogP contribution >= 0.6 is 0 Å². The molecular formula is C31H37N5O9. The largest absolute Gasteiger partial charge is 0.505 e. The number of ketones is 3. The molecule has 14 nitrogen and oxygen atoms in total. The smallest absolute Gasteiger partial charge is 0.323 e. The third kappa shape index (κ3) is 4.98. The molecule has 240 valence electrons. The second kappa shape index (κ2) is 11.4. The number of aliphatic hydroxyl groups excluding tert-OH is 1. The van der Waals surface area contributed by atoms with Gasteiger partial charge in [-0.3, -0.25) is 19.2 Å². The van der Waals surface area contributed by atoms with Crippen LogP contribution in [0.2, 0.25) is 0 Å². The highest BCUT2D eigenvalue weighted by molar-refractivity contribution is 6.26. The molecule has 0 spiro atoms. The zero-order chi connectivity index (χ0) is 33.1. The van der Waals surface area contributed by atoms with Crippen molar-refractivity contribution in [1.82, 2.24) is 4.90 Å². The molecule has 0 bridgehead atoms. The molecule has 3 aliphatic rings. The van der Waals surface area contributed by atoms with Crippen molar-refractivity contribution in [2.24, 2.45) is 29.4 Å². The Morgan fingerprint density at radius 1 is 1.04 bits per heavy atom. The maximum atomic E-state index is 14.2. The molecule has 0 saturated heterocycles. The van der Waals surface area contributed by atoms with Crippen LogP contribution in [0, 0.1) is 23.7 Å². The number of likely N-dealkylation sites (N-methyl/N-ethyl adjacent to an activating group) is 1. The van der Waals surface area contributed by atoms with E-state index in [1.807, 2.05) is 0 Å². The number of amides is 3. The number of aromatic hydroxyl groups is 1. The normalized spacial score (nSPS) is 28.9. The number of hydrogen-bond acceptors (Lipinski definition) is 11. The zero-order valence-electron chi connectivity index (χ0n) is 25.5. The van der Waals surface area contributed by atoms with Gasteiger partial charge in [0.1, 0.15) is 17.4 Å². The van der Waals surface area contributed by atoms with Gasteiger partial charge in [-0.2, -0.15) is 0 Å². The number of carbonyl (C=O) groups excluding carboxylic acids is 5. The molecule has 14 heteroatoms. The Morgan fingerprint density at radius 2 is 1.69 bits per heavy atom. The number of methoxy groups -OCH3 is 1. The van der Waals surface area contributed by atoms with Crippen molar-refractivity contribution >= 4 is 46.4 Å². The minimum Gasteiger partial charge on any atom is -0.505 e. The lowest BCUT2D eigenvalue weighted by molar-refractivity contribution is -0.190. The molecule has 7 atom stereocenters. The Balaban J connectivity index is 1.54. The van der Waals surface area contributed by atoms with Crippen LogP contribution < -0.4 is 26.0 Å². The lowest BCUT2D eigenvalue weighted by Gasteiger charge is -2.55. The molecule has 2 aromatic rings. The first-order valence-corrected chi connectivity index (χ1v) is 14.4. The molecular weight excluding hydrogens is 586 g/mol. The highest BCUT2D eigenvalue weighted by atomic mass is 16.5. The van der Waals surface area contributed by atoms with E-state index in [1.165, 1.54) is 18.1 Å². The summed E-state index contributed by atoms with van der Waals surface area (Å²) in [6, 6.07) is 6.33. The lowest BCUT2D eigenvalue weighted by atomic mass is 9.52. The highest BCUT2D eigenvalue weighted by Crippen LogP contribution is 2.53. The number of nitrogens with zero attached hydrogens (tertiary/aromatic N) is 2. The number of nitrogens with one attached hydrogen (secondary N) is 2. The average Bonchev–Trinajstić information content (AvgIpc) is 2.96. The van der Waals surface area contributed by atoms with Crippen LogP contribution in [0.5, 0.6) is 11.5 Å². The number of hydrogen-bond donors (Lipinski definition) is 6. The lowest BCUT2D eigenvalue weighted by Crippen LogP contribution is -2.75. The van der Waals surface area contributed by atoms with E-state index in [1.54, 1.807) is 57.4 Å². The molecule has 2 aromatic carbocycles. The van der Waals surface area contributed by atoms with Crippen molar-refractivity contribution in [1.29, 1.82) is 0 Å². The number of rotatable bonds is 6. The number of urea groups is 1. The number of fused-ring (bicyclic) bond motifs is 3. The van der Waals surface area contributed by atoms with Crippen LogP contribution in [0.3, 0.4) is 0 Å². The van der Waals surface area contributed by atoms with Gasteiger partial charge in [-0.1, -0.05) is 0 Å². The quantitative estimate of drug-likeness (QED) is 0.191. The third-order valence-electron chi connectivity index (χ3n) is 9.34. The van der Waals surface area contributed by atoms with Crippen LogP contribution in [0.1, 0.15) is 22.3 Å². The predicted molar refractivity (Wildman–Crippen MR) is 162 cm³/mol. The number of primary amides is 1. The van der Waals surface area contributed by atoms with Crippen molar-refractivity contribution in [3.05, 3.63) is 41.5 Å². The summed E-state index contributed by atoms with van der Waals surface area (Å²) in [7, 11) is 8.12. The van der Waals surface area contributed by atoms with Gasteiger partial charge in [0.2, 0.25) is 5.91 Å². The Hall–Kier alpha value is -4.53. The molecule has 7 N–H and O–H groups in total. The summed E-state index contributed by atoms with van der Waals surface area (Å²) in [5, 5.41) is 39.4. The van der Waals surface area contributed by atoms with Gasteiger partial charge in [-0.15, -0.1) is 0 Å². The topological polar surface area (TPSA) is 212 Å². The number of ether oxygens (including phenoxy) is 1. The monoisotopic (exact) mass is 623 g/mol. The molecule has 5 rings (SSSR count). The maximum absolute atomic E-state index is 14.2. The zero-order valence-corrected chi connectivity index (χ0v) is 25.5. The van der Waals surface area contributed by atoms with E-state index in [9.17, 15) is 39.3 Å². The number of benzene rings is 2. The number of anilines is 3. The second-order valence-corrected chi connectivity index (χ2v) is 12.3. The van der Waals surface area contributed by atoms with Crippen LogP contribution in [-0.4, -0.2) is 103 Å². The number of Topliss-reactive ketones (excluding diaryl/α,β-unsaturated/α-hetero) is 3. The van der Waals surface area contributed by atoms with E-state index >= 15 is 0 Å². The van der Waals surface area contributed by atoms with Crippen LogP contribution in [0.15, 0.2) is 30.3 Å². The Morgan fingerprint density at radius 3 is 2.24 bits per heavy atom. The summed E-state index contributed by atoms with van der Waals surface area (Å²) in [5.74, 6) is -9.56. The van der Waals surface area contributed by atoms with Gasteiger partial charge >= 0.3 is 6.03 Å². The molecule has 3 aliphatic carbocycles. The number of phenolic OH excluding ortho intramolecular Hbond substituents is 1. The van der Waals surface area contributed by atoms with E-state index in [2.05, 4.69) is 10.6 Å². The van der Waals surface area contributed by atoms with E-state index < -0.39 is 76.5 Å². The van der Waals surface area contributed by atoms with Gasteiger partial charge < -0.3 is 46.2 Å². The van der Waals surface area contributed by atoms with E-state index in [4.69, 9.17) is 10.5 Å². The first-order chi connectivity index (χ1) is 21.1. The SMILES string of the molecule is COc1ccc(NC(=O)Nc2cc(N(C)C)c3c(c2O)C(=O)C2C(=O)[C@@]4(O)C(=O)C(C(N)=O)C(O)C(N(C)C)[C@H]4C[C@H]2C3)cc1. The molecule has 2 fully saturated rings. The Labute approximate surface area is 259 Å². The number of nitrogens with two attached hydrogens (primary N) is 1. The average molecular weight is 624 g/mol. The molecule has 0 heterocycles. The molecule has 3 amide bonds. The van der Waals surface area contributed by atoms with Crippen molar-refractivity contribution in [2.45, 2.75) is 30.6 Å². The molecule has 45 heavy (non-hydrogen) atoms. The number of aliphatic hydroxyl groups is 2.